The standard InChI is InChI=1S/C22H29ClFN5O4S/c1-14-12-29(34(32,33)10-6-18(31)28-22(13-30)7-2-8-22)9-5-16(14)19-20(23)27-21(26-19)17-4-3-15(24)11-25-17/h3-4,11,14,16,30H,2,5-10,12-13H2,1H3,(H,26,27)(H,28,31)/t14-,16+/m0/s1. The predicted molar refractivity (Wildman–Crippen MR) is 125 cm³/mol. The highest BCUT2D eigenvalue weighted by molar-refractivity contribution is 7.89. The summed E-state index contributed by atoms with van der Waals surface area (Å²) < 4.78 is 40.4. The van der Waals surface area contributed by atoms with E-state index < -0.39 is 21.4 Å². The molecular formula is C22H29ClFN5O4S. The van der Waals surface area contributed by atoms with Gasteiger partial charge in [0.15, 0.2) is 11.0 Å². The van der Waals surface area contributed by atoms with E-state index in [1.807, 2.05) is 6.92 Å². The van der Waals surface area contributed by atoms with Crippen molar-refractivity contribution in [2.45, 2.75) is 50.5 Å². The van der Waals surface area contributed by atoms with Crippen LogP contribution in [0.4, 0.5) is 4.39 Å². The first-order chi connectivity index (χ1) is 16.1. The monoisotopic (exact) mass is 513 g/mol. The molecule has 0 unspecified atom stereocenters. The van der Waals surface area contributed by atoms with Gasteiger partial charge in [0.2, 0.25) is 15.9 Å². The smallest absolute Gasteiger partial charge is 0.221 e. The van der Waals surface area contributed by atoms with Gasteiger partial charge in [-0.15, -0.1) is 0 Å². The number of aliphatic hydroxyl groups is 1. The number of aliphatic hydroxyl groups excluding tert-OH is 1. The summed E-state index contributed by atoms with van der Waals surface area (Å²) in [5.74, 6) is -0.726. The molecule has 2 aliphatic rings. The number of hydrogen-bond donors (Lipinski definition) is 3. The van der Waals surface area contributed by atoms with Gasteiger partial charge in [0.05, 0.1) is 29.8 Å². The average molecular weight is 514 g/mol. The zero-order chi connectivity index (χ0) is 24.5. The lowest BCUT2D eigenvalue weighted by Gasteiger charge is -2.41. The molecule has 2 fully saturated rings. The van der Waals surface area contributed by atoms with Crippen molar-refractivity contribution in [1.29, 1.82) is 0 Å². The second kappa shape index (κ2) is 9.88. The largest absolute Gasteiger partial charge is 0.394 e. The first-order valence-electron chi connectivity index (χ1n) is 11.4. The molecule has 0 spiro atoms. The lowest BCUT2D eigenvalue weighted by atomic mass is 9.77. The summed E-state index contributed by atoms with van der Waals surface area (Å²) in [5.41, 5.74) is 0.589. The summed E-state index contributed by atoms with van der Waals surface area (Å²) in [4.78, 5) is 23.8. The Labute approximate surface area is 203 Å². The Hall–Kier alpha value is -2.08. The molecule has 3 heterocycles. The van der Waals surface area contributed by atoms with Gasteiger partial charge in [-0.25, -0.2) is 27.1 Å². The second-order valence-electron chi connectivity index (χ2n) is 9.29. The summed E-state index contributed by atoms with van der Waals surface area (Å²) in [6, 6.07) is 2.80. The average Bonchev–Trinajstić information content (AvgIpc) is 3.16. The quantitative estimate of drug-likeness (QED) is 0.497. The number of nitrogens with zero attached hydrogens (tertiary/aromatic N) is 3. The fourth-order valence-corrected chi connectivity index (χ4v) is 6.49. The maximum atomic E-state index is 13.2. The van der Waals surface area contributed by atoms with E-state index in [1.165, 1.54) is 16.4 Å². The van der Waals surface area contributed by atoms with Crippen LogP contribution in [0.25, 0.3) is 11.5 Å². The van der Waals surface area contributed by atoms with Gasteiger partial charge in [0.25, 0.3) is 0 Å². The van der Waals surface area contributed by atoms with Gasteiger partial charge in [0, 0.05) is 25.4 Å². The molecule has 1 aliphatic heterocycles. The maximum absolute atomic E-state index is 13.2. The van der Waals surface area contributed by atoms with Crippen LogP contribution in [-0.4, -0.2) is 69.7 Å². The third-order valence-electron chi connectivity index (χ3n) is 6.89. The van der Waals surface area contributed by atoms with Crippen molar-refractivity contribution in [3.05, 3.63) is 35.0 Å². The van der Waals surface area contributed by atoms with Crippen LogP contribution >= 0.6 is 11.6 Å². The molecule has 3 N–H and O–H groups in total. The van der Waals surface area contributed by atoms with Crippen molar-refractivity contribution in [3.63, 3.8) is 0 Å². The molecule has 2 atom stereocenters. The van der Waals surface area contributed by atoms with E-state index in [0.29, 0.717) is 54.7 Å². The zero-order valence-corrected chi connectivity index (χ0v) is 20.5. The molecule has 1 amide bonds. The SMILES string of the molecule is C[C@H]1CN(S(=O)(=O)CCC(=O)NC2(CO)CCC2)CC[C@H]1c1[nH]c(-c2ccc(F)cn2)nc1Cl. The fraction of sp³-hybridized carbons (Fsp3) is 0.591. The number of halogens is 2. The molecule has 9 nitrogen and oxygen atoms in total. The number of H-pyrrole nitrogens is 1. The third-order valence-corrected chi connectivity index (χ3v) is 9.02. The van der Waals surface area contributed by atoms with Gasteiger partial charge < -0.3 is 15.4 Å². The molecule has 0 aromatic carbocycles. The van der Waals surface area contributed by atoms with E-state index in [-0.39, 0.29) is 36.5 Å². The molecule has 1 saturated carbocycles. The van der Waals surface area contributed by atoms with Crippen LogP contribution < -0.4 is 5.32 Å². The lowest BCUT2D eigenvalue weighted by Crippen LogP contribution is -2.56. The molecule has 2 aromatic rings. The Morgan fingerprint density at radius 3 is 2.76 bits per heavy atom. The number of pyridine rings is 1. The van der Waals surface area contributed by atoms with E-state index in [2.05, 4.69) is 20.3 Å². The normalized spacial score (nSPS) is 22.8. The molecule has 4 rings (SSSR count). The summed E-state index contributed by atoms with van der Waals surface area (Å²) in [6.45, 7) is 2.42. The first kappa shape index (κ1) is 25.0. The number of nitrogens with one attached hydrogen (secondary N) is 2. The van der Waals surface area contributed by atoms with E-state index >= 15 is 0 Å². The molecule has 2 aromatic heterocycles. The van der Waals surface area contributed by atoms with Gasteiger partial charge in [0.1, 0.15) is 11.5 Å². The molecule has 1 aliphatic carbocycles. The molecule has 34 heavy (non-hydrogen) atoms. The minimum absolute atomic E-state index is 0.0352. The summed E-state index contributed by atoms with van der Waals surface area (Å²) in [6.07, 6.45) is 3.86. The highest BCUT2D eigenvalue weighted by Gasteiger charge is 2.39. The van der Waals surface area contributed by atoms with Gasteiger partial charge in [-0.05, 0) is 43.7 Å². The third kappa shape index (κ3) is 5.27. The fourth-order valence-electron chi connectivity index (χ4n) is 4.67. The van der Waals surface area contributed by atoms with E-state index in [4.69, 9.17) is 11.6 Å². The Balaban J connectivity index is 1.36. The Kier molecular flexibility index (Phi) is 7.28. The number of imidazole rings is 1. The summed E-state index contributed by atoms with van der Waals surface area (Å²) in [7, 11) is -3.61. The summed E-state index contributed by atoms with van der Waals surface area (Å²) >= 11 is 6.38. The van der Waals surface area contributed by atoms with Gasteiger partial charge >= 0.3 is 0 Å². The topological polar surface area (TPSA) is 128 Å². The van der Waals surface area contributed by atoms with Crippen molar-refractivity contribution in [2.24, 2.45) is 5.92 Å². The van der Waals surface area contributed by atoms with Gasteiger partial charge in [-0.1, -0.05) is 18.5 Å². The number of sulfonamides is 1. The number of aromatic nitrogens is 3. The number of aromatic amines is 1. The van der Waals surface area contributed by atoms with E-state index in [1.54, 1.807) is 0 Å². The Morgan fingerprint density at radius 1 is 1.41 bits per heavy atom. The Bertz CT molecular complexity index is 1130. The number of carbonyl (C=O) groups is 1. The van der Waals surface area contributed by atoms with Crippen molar-refractivity contribution in [3.8, 4) is 11.5 Å². The minimum atomic E-state index is -3.61. The van der Waals surface area contributed by atoms with Crippen LogP contribution in [0, 0.1) is 11.7 Å². The van der Waals surface area contributed by atoms with E-state index in [0.717, 1.165) is 12.6 Å². The van der Waals surface area contributed by atoms with Crippen LogP contribution in [0.15, 0.2) is 18.3 Å². The molecule has 186 valence electrons. The number of hydrogen-bond acceptors (Lipinski definition) is 6. The zero-order valence-electron chi connectivity index (χ0n) is 18.9. The van der Waals surface area contributed by atoms with Crippen LogP contribution in [0.2, 0.25) is 5.15 Å². The second-order valence-corrected chi connectivity index (χ2v) is 11.7. The number of rotatable bonds is 8. The van der Waals surface area contributed by atoms with E-state index in [9.17, 15) is 22.7 Å². The Morgan fingerprint density at radius 2 is 2.18 bits per heavy atom. The molecular weight excluding hydrogens is 485 g/mol. The van der Waals surface area contributed by atoms with Gasteiger partial charge in [-0.2, -0.15) is 0 Å². The van der Waals surface area contributed by atoms with Crippen molar-refractivity contribution < 1.29 is 22.7 Å². The predicted octanol–water partition coefficient (Wildman–Crippen LogP) is 2.44. The highest BCUT2D eigenvalue weighted by Crippen LogP contribution is 2.37. The molecule has 0 bridgehead atoms. The molecule has 0 radical (unpaired) electrons. The molecule has 12 heteroatoms. The van der Waals surface area contributed by atoms with Crippen LogP contribution in [0.1, 0.15) is 50.6 Å². The van der Waals surface area contributed by atoms with Crippen LogP contribution in [0.5, 0.6) is 0 Å². The van der Waals surface area contributed by atoms with Crippen LogP contribution in [0.3, 0.4) is 0 Å². The van der Waals surface area contributed by atoms with Crippen LogP contribution in [-0.2, 0) is 14.8 Å². The molecule has 1 saturated heterocycles. The maximum Gasteiger partial charge on any atom is 0.221 e. The van der Waals surface area contributed by atoms with Crippen molar-refractivity contribution >= 4 is 27.5 Å². The van der Waals surface area contributed by atoms with Crippen molar-refractivity contribution in [1.82, 2.24) is 24.6 Å². The summed E-state index contributed by atoms with van der Waals surface area (Å²) in [5, 5.41) is 12.6. The van der Waals surface area contributed by atoms with Gasteiger partial charge in [-0.3, -0.25) is 4.79 Å². The number of carbonyl (C=O) groups excluding carboxylic acids is 1. The number of amides is 1. The minimum Gasteiger partial charge on any atom is -0.394 e. The highest BCUT2D eigenvalue weighted by atomic mass is 35.5. The first-order valence-corrected chi connectivity index (χ1v) is 13.4. The lowest BCUT2D eigenvalue weighted by molar-refractivity contribution is -0.124. The number of piperidine rings is 1. The van der Waals surface area contributed by atoms with Crippen molar-refractivity contribution in [2.75, 3.05) is 25.4 Å².